The predicted molar refractivity (Wildman–Crippen MR) is 94.0 cm³/mol. The molecule has 5 nitrogen and oxygen atoms in total. The number of para-hydroxylation sites is 1. The van der Waals surface area contributed by atoms with Crippen molar-refractivity contribution < 1.29 is 4.42 Å². The number of nitrogens with one attached hydrogen (secondary N) is 1. The molecule has 5 heteroatoms. The van der Waals surface area contributed by atoms with Crippen LogP contribution in [0.4, 0.5) is 5.69 Å². The van der Waals surface area contributed by atoms with Gasteiger partial charge in [0.2, 0.25) is 0 Å². The largest absolute Gasteiger partial charge is 0.469 e. The second-order valence-corrected chi connectivity index (χ2v) is 5.61. The highest BCUT2D eigenvalue weighted by Crippen LogP contribution is 2.15. The van der Waals surface area contributed by atoms with Gasteiger partial charge in [-0.15, -0.1) is 0 Å². The third-order valence-electron chi connectivity index (χ3n) is 4.15. The van der Waals surface area contributed by atoms with E-state index in [1.807, 2.05) is 19.2 Å². The number of hydrogen-bond donors (Lipinski definition) is 1. The molecule has 23 heavy (non-hydrogen) atoms. The summed E-state index contributed by atoms with van der Waals surface area (Å²) in [7, 11) is 1.85. The zero-order chi connectivity index (χ0) is 15.9. The molecule has 1 N–H and O–H groups in total. The van der Waals surface area contributed by atoms with Crippen molar-refractivity contribution in [3.05, 3.63) is 54.5 Å². The first-order chi connectivity index (χ1) is 11.4. The van der Waals surface area contributed by atoms with Gasteiger partial charge in [0, 0.05) is 51.9 Å². The lowest BCUT2D eigenvalue weighted by Gasteiger charge is -2.37. The van der Waals surface area contributed by atoms with Crippen molar-refractivity contribution in [2.75, 3.05) is 44.7 Å². The van der Waals surface area contributed by atoms with Gasteiger partial charge in [0.25, 0.3) is 0 Å². The molecule has 0 atom stereocenters. The van der Waals surface area contributed by atoms with Gasteiger partial charge in [-0.1, -0.05) is 18.2 Å². The lowest BCUT2D eigenvalue weighted by atomic mass is 10.2. The predicted octanol–water partition coefficient (Wildman–Crippen LogP) is 2.22. The number of furan rings is 1. The summed E-state index contributed by atoms with van der Waals surface area (Å²) < 4.78 is 5.36. The van der Waals surface area contributed by atoms with Crippen LogP contribution < -0.4 is 10.2 Å². The first kappa shape index (κ1) is 15.5. The molecule has 3 rings (SSSR count). The molecule has 0 saturated carbocycles. The highest BCUT2D eigenvalue weighted by atomic mass is 16.3. The average molecular weight is 312 g/mol. The van der Waals surface area contributed by atoms with Crippen LogP contribution in [0.2, 0.25) is 0 Å². The molecule has 1 aromatic carbocycles. The molecule has 0 bridgehead atoms. The van der Waals surface area contributed by atoms with Gasteiger partial charge >= 0.3 is 0 Å². The van der Waals surface area contributed by atoms with Crippen molar-refractivity contribution in [1.29, 1.82) is 0 Å². The molecule has 0 spiro atoms. The molecule has 0 unspecified atom stereocenters. The summed E-state index contributed by atoms with van der Waals surface area (Å²) >= 11 is 0. The Morgan fingerprint density at radius 2 is 1.87 bits per heavy atom. The summed E-state index contributed by atoms with van der Waals surface area (Å²) in [4.78, 5) is 9.15. The second kappa shape index (κ2) is 7.72. The second-order valence-electron chi connectivity index (χ2n) is 5.61. The summed E-state index contributed by atoms with van der Waals surface area (Å²) in [6, 6.07) is 14.5. The summed E-state index contributed by atoms with van der Waals surface area (Å²) in [6.45, 7) is 4.83. The van der Waals surface area contributed by atoms with E-state index in [-0.39, 0.29) is 0 Å². The van der Waals surface area contributed by atoms with Crippen LogP contribution >= 0.6 is 0 Å². The Labute approximate surface area is 137 Å². The van der Waals surface area contributed by atoms with Crippen LogP contribution in [-0.2, 0) is 6.42 Å². The van der Waals surface area contributed by atoms with E-state index in [4.69, 9.17) is 4.42 Å². The van der Waals surface area contributed by atoms with Crippen LogP contribution in [0.3, 0.4) is 0 Å². The molecule has 1 aliphatic rings. The fourth-order valence-electron chi connectivity index (χ4n) is 2.90. The maximum absolute atomic E-state index is 5.36. The van der Waals surface area contributed by atoms with Crippen molar-refractivity contribution in [2.24, 2.45) is 4.99 Å². The van der Waals surface area contributed by atoms with Crippen LogP contribution in [0.5, 0.6) is 0 Å². The molecular weight excluding hydrogens is 288 g/mol. The van der Waals surface area contributed by atoms with Gasteiger partial charge in [0.1, 0.15) is 5.76 Å². The van der Waals surface area contributed by atoms with Gasteiger partial charge in [0.15, 0.2) is 5.96 Å². The lowest BCUT2D eigenvalue weighted by molar-refractivity contribution is 0.372. The molecule has 1 fully saturated rings. The number of rotatable bonds is 4. The topological polar surface area (TPSA) is 44.0 Å². The lowest BCUT2D eigenvalue weighted by Crippen LogP contribution is -2.52. The van der Waals surface area contributed by atoms with Gasteiger partial charge in [-0.25, -0.2) is 0 Å². The van der Waals surface area contributed by atoms with Crippen LogP contribution in [-0.4, -0.2) is 50.6 Å². The highest BCUT2D eigenvalue weighted by molar-refractivity contribution is 5.80. The Hall–Kier alpha value is -2.43. The van der Waals surface area contributed by atoms with Crippen molar-refractivity contribution in [2.45, 2.75) is 6.42 Å². The van der Waals surface area contributed by atoms with E-state index >= 15 is 0 Å². The van der Waals surface area contributed by atoms with Crippen molar-refractivity contribution >= 4 is 11.6 Å². The van der Waals surface area contributed by atoms with Gasteiger partial charge in [0.05, 0.1) is 6.26 Å². The average Bonchev–Trinajstić information content (AvgIpc) is 3.13. The number of anilines is 1. The maximum atomic E-state index is 5.36. The Morgan fingerprint density at radius 1 is 1.09 bits per heavy atom. The number of aliphatic imine (C=N–C) groups is 1. The number of benzene rings is 1. The van der Waals surface area contributed by atoms with E-state index in [9.17, 15) is 0 Å². The quantitative estimate of drug-likeness (QED) is 0.694. The first-order valence-corrected chi connectivity index (χ1v) is 8.15. The summed E-state index contributed by atoms with van der Waals surface area (Å²) in [5, 5.41) is 3.43. The van der Waals surface area contributed by atoms with Crippen LogP contribution in [0, 0.1) is 0 Å². The minimum absolute atomic E-state index is 0.832. The highest BCUT2D eigenvalue weighted by Gasteiger charge is 2.19. The molecule has 2 aromatic rings. The van der Waals surface area contributed by atoms with Crippen LogP contribution in [0.1, 0.15) is 5.76 Å². The molecule has 1 saturated heterocycles. The SMILES string of the molecule is CN=C(NCCc1ccco1)N1CCN(c2ccccc2)CC1. The van der Waals surface area contributed by atoms with Gasteiger partial charge in [-0.2, -0.15) is 0 Å². The van der Waals surface area contributed by atoms with E-state index in [2.05, 4.69) is 50.4 Å². The minimum atomic E-state index is 0.832. The third kappa shape index (κ3) is 4.06. The summed E-state index contributed by atoms with van der Waals surface area (Å²) in [5.74, 6) is 1.98. The zero-order valence-corrected chi connectivity index (χ0v) is 13.6. The van der Waals surface area contributed by atoms with Gasteiger partial charge in [-0.3, -0.25) is 4.99 Å². The monoisotopic (exact) mass is 312 g/mol. The number of nitrogens with zero attached hydrogens (tertiary/aromatic N) is 3. The van der Waals surface area contributed by atoms with Gasteiger partial charge < -0.3 is 19.5 Å². The fourth-order valence-corrected chi connectivity index (χ4v) is 2.90. The molecular formula is C18H24N4O. The molecule has 1 aliphatic heterocycles. The van der Waals surface area contributed by atoms with Crippen LogP contribution in [0.15, 0.2) is 58.1 Å². The molecule has 0 aliphatic carbocycles. The molecule has 0 amide bonds. The van der Waals surface area contributed by atoms with E-state index < -0.39 is 0 Å². The number of hydrogen-bond acceptors (Lipinski definition) is 3. The fraction of sp³-hybridized carbons (Fsp3) is 0.389. The zero-order valence-electron chi connectivity index (χ0n) is 13.6. The summed E-state index contributed by atoms with van der Waals surface area (Å²) in [5.41, 5.74) is 1.30. The number of guanidine groups is 1. The Kier molecular flexibility index (Phi) is 5.19. The molecule has 0 radical (unpaired) electrons. The van der Waals surface area contributed by atoms with Crippen molar-refractivity contribution in [1.82, 2.24) is 10.2 Å². The van der Waals surface area contributed by atoms with E-state index in [0.29, 0.717) is 0 Å². The maximum Gasteiger partial charge on any atom is 0.193 e. The Bertz CT molecular complexity index is 601. The van der Waals surface area contributed by atoms with E-state index in [0.717, 1.165) is 50.9 Å². The standard InChI is InChI=1S/C18H24N4O/c1-19-18(20-10-9-17-8-5-15-23-17)22-13-11-21(12-14-22)16-6-3-2-4-7-16/h2-8,15H,9-14H2,1H3,(H,19,20). The van der Waals surface area contributed by atoms with Crippen molar-refractivity contribution in [3.63, 3.8) is 0 Å². The third-order valence-corrected chi connectivity index (χ3v) is 4.15. The Morgan fingerprint density at radius 3 is 2.52 bits per heavy atom. The summed E-state index contributed by atoms with van der Waals surface area (Å²) in [6.07, 6.45) is 2.59. The molecule has 1 aromatic heterocycles. The molecule has 122 valence electrons. The van der Waals surface area contributed by atoms with E-state index in [1.54, 1.807) is 6.26 Å². The number of piperazine rings is 1. The van der Waals surface area contributed by atoms with Gasteiger partial charge in [-0.05, 0) is 24.3 Å². The van der Waals surface area contributed by atoms with Crippen molar-refractivity contribution in [3.8, 4) is 0 Å². The Balaban J connectivity index is 1.47. The first-order valence-electron chi connectivity index (χ1n) is 8.15. The van der Waals surface area contributed by atoms with Crippen LogP contribution in [0.25, 0.3) is 0 Å². The smallest absolute Gasteiger partial charge is 0.193 e. The molecule has 2 heterocycles. The minimum Gasteiger partial charge on any atom is -0.469 e. The van der Waals surface area contributed by atoms with E-state index in [1.165, 1.54) is 5.69 Å². The normalized spacial score (nSPS) is 15.8.